The van der Waals surface area contributed by atoms with Crippen molar-refractivity contribution in [3.63, 3.8) is 0 Å². The zero-order valence-corrected chi connectivity index (χ0v) is 14.0. The Kier molecular flexibility index (Phi) is 4.78. The van der Waals surface area contributed by atoms with Crippen LogP contribution in [0.1, 0.15) is 42.7 Å². The third-order valence-corrected chi connectivity index (χ3v) is 4.71. The van der Waals surface area contributed by atoms with Gasteiger partial charge in [-0.15, -0.1) is 10.2 Å². The number of aliphatic hydroxyl groups is 1. The van der Waals surface area contributed by atoms with Gasteiger partial charge < -0.3 is 9.52 Å². The van der Waals surface area contributed by atoms with Crippen LogP contribution >= 0.6 is 0 Å². The number of aryl methyl sites for hydroxylation is 1. The van der Waals surface area contributed by atoms with Crippen LogP contribution in [-0.2, 0) is 13.0 Å². The van der Waals surface area contributed by atoms with Crippen LogP contribution in [0.4, 0.5) is 0 Å². The summed E-state index contributed by atoms with van der Waals surface area (Å²) < 4.78 is 5.82. The maximum absolute atomic E-state index is 9.55. The highest BCUT2D eigenvalue weighted by Crippen LogP contribution is 2.29. The molecular weight excluding hydrogens is 290 g/mol. The van der Waals surface area contributed by atoms with Crippen LogP contribution < -0.4 is 0 Å². The molecule has 0 aliphatic carbocycles. The van der Waals surface area contributed by atoms with Gasteiger partial charge in [-0.05, 0) is 37.4 Å². The molecule has 0 saturated carbocycles. The van der Waals surface area contributed by atoms with Crippen LogP contribution in [0, 0.1) is 12.3 Å². The fraction of sp³-hybridized carbons (Fsp3) is 0.556. The van der Waals surface area contributed by atoms with Crippen LogP contribution in [0.15, 0.2) is 28.7 Å². The summed E-state index contributed by atoms with van der Waals surface area (Å²) in [6, 6.07) is 8.25. The summed E-state index contributed by atoms with van der Waals surface area (Å²) >= 11 is 0. The van der Waals surface area contributed by atoms with E-state index in [1.54, 1.807) is 0 Å². The lowest BCUT2D eigenvalue weighted by atomic mass is 9.83. The summed E-state index contributed by atoms with van der Waals surface area (Å²) in [6.45, 7) is 7.01. The standard InChI is InChI=1S/C18H25N3O2/c1-14-6-3-4-7-15(14)10-16-19-20-17(23-16)11-21-9-5-8-18(2,12-21)13-22/h3-4,6-7,22H,5,8-13H2,1-2H3. The van der Waals surface area contributed by atoms with Gasteiger partial charge in [-0.1, -0.05) is 31.2 Å². The number of hydrogen-bond acceptors (Lipinski definition) is 5. The van der Waals surface area contributed by atoms with Crippen molar-refractivity contribution in [1.82, 2.24) is 15.1 Å². The number of rotatable bonds is 5. The molecule has 5 nitrogen and oxygen atoms in total. The monoisotopic (exact) mass is 315 g/mol. The molecule has 3 rings (SSSR count). The molecule has 5 heteroatoms. The van der Waals surface area contributed by atoms with Gasteiger partial charge in [0.1, 0.15) is 0 Å². The number of aliphatic hydroxyl groups excluding tert-OH is 1. The second-order valence-corrected chi connectivity index (χ2v) is 6.98. The lowest BCUT2D eigenvalue weighted by Crippen LogP contribution is -2.43. The topological polar surface area (TPSA) is 62.4 Å². The SMILES string of the molecule is Cc1ccccc1Cc1nnc(CN2CCCC(C)(CO)C2)o1. The number of piperidine rings is 1. The van der Waals surface area contributed by atoms with E-state index in [0.717, 1.165) is 25.9 Å². The molecule has 1 aliphatic rings. The smallest absolute Gasteiger partial charge is 0.230 e. The van der Waals surface area contributed by atoms with Gasteiger partial charge in [-0.2, -0.15) is 0 Å². The van der Waals surface area contributed by atoms with E-state index in [1.807, 2.05) is 12.1 Å². The fourth-order valence-corrected chi connectivity index (χ4v) is 3.28. The van der Waals surface area contributed by atoms with E-state index in [9.17, 15) is 5.11 Å². The second-order valence-electron chi connectivity index (χ2n) is 6.98. The van der Waals surface area contributed by atoms with Crippen molar-refractivity contribution in [2.45, 2.75) is 39.7 Å². The highest BCUT2D eigenvalue weighted by atomic mass is 16.4. The molecule has 1 saturated heterocycles. The van der Waals surface area contributed by atoms with Gasteiger partial charge in [-0.25, -0.2) is 0 Å². The molecule has 1 unspecified atom stereocenters. The molecule has 1 N–H and O–H groups in total. The van der Waals surface area contributed by atoms with E-state index < -0.39 is 0 Å². The quantitative estimate of drug-likeness (QED) is 0.919. The molecule has 0 radical (unpaired) electrons. The zero-order valence-electron chi connectivity index (χ0n) is 14.0. The van der Waals surface area contributed by atoms with Gasteiger partial charge in [-0.3, -0.25) is 4.90 Å². The number of likely N-dealkylation sites (tertiary alicyclic amines) is 1. The Bertz CT molecular complexity index is 655. The number of nitrogens with zero attached hydrogens (tertiary/aromatic N) is 3. The minimum atomic E-state index is -0.0117. The average molecular weight is 315 g/mol. The first-order valence-corrected chi connectivity index (χ1v) is 8.27. The van der Waals surface area contributed by atoms with Crippen LogP contribution in [0.2, 0.25) is 0 Å². The molecule has 2 heterocycles. The lowest BCUT2D eigenvalue weighted by molar-refractivity contribution is 0.0389. The number of hydrogen-bond donors (Lipinski definition) is 1. The van der Waals surface area contributed by atoms with Crippen molar-refractivity contribution in [1.29, 1.82) is 0 Å². The Balaban J connectivity index is 1.62. The molecule has 1 atom stereocenters. The summed E-state index contributed by atoms with van der Waals surface area (Å²) in [5.74, 6) is 1.33. The summed E-state index contributed by atoms with van der Waals surface area (Å²) in [6.07, 6.45) is 2.84. The van der Waals surface area contributed by atoms with E-state index in [0.29, 0.717) is 24.7 Å². The Morgan fingerprint density at radius 2 is 2.04 bits per heavy atom. The first kappa shape index (κ1) is 16.1. The maximum Gasteiger partial charge on any atom is 0.230 e. The van der Waals surface area contributed by atoms with Crippen LogP contribution in [0.3, 0.4) is 0 Å². The van der Waals surface area contributed by atoms with Gasteiger partial charge in [0.05, 0.1) is 13.0 Å². The maximum atomic E-state index is 9.55. The summed E-state index contributed by atoms with van der Waals surface area (Å²) in [5.41, 5.74) is 2.44. The third kappa shape index (κ3) is 3.98. The highest BCUT2D eigenvalue weighted by molar-refractivity contribution is 5.27. The predicted octanol–water partition coefficient (Wildman–Crippen LogP) is 2.56. The Labute approximate surface area is 137 Å². The Morgan fingerprint density at radius 3 is 2.83 bits per heavy atom. The number of benzene rings is 1. The summed E-state index contributed by atoms with van der Waals surface area (Å²) in [4.78, 5) is 2.30. The van der Waals surface area contributed by atoms with Crippen LogP contribution in [0.25, 0.3) is 0 Å². The van der Waals surface area contributed by atoms with Gasteiger partial charge >= 0.3 is 0 Å². The van der Waals surface area contributed by atoms with E-state index in [4.69, 9.17) is 4.42 Å². The molecule has 2 aromatic rings. The molecule has 0 bridgehead atoms. The minimum absolute atomic E-state index is 0.0117. The van der Waals surface area contributed by atoms with E-state index >= 15 is 0 Å². The van der Waals surface area contributed by atoms with Crippen molar-refractivity contribution in [3.05, 3.63) is 47.2 Å². The summed E-state index contributed by atoms with van der Waals surface area (Å²) in [5, 5.41) is 17.9. The fourth-order valence-electron chi connectivity index (χ4n) is 3.28. The lowest BCUT2D eigenvalue weighted by Gasteiger charge is -2.38. The first-order valence-electron chi connectivity index (χ1n) is 8.27. The third-order valence-electron chi connectivity index (χ3n) is 4.71. The normalized spacial score (nSPS) is 22.4. The molecule has 23 heavy (non-hydrogen) atoms. The average Bonchev–Trinajstić information content (AvgIpc) is 2.97. The molecule has 1 fully saturated rings. The minimum Gasteiger partial charge on any atom is -0.424 e. The molecule has 1 aromatic carbocycles. The van der Waals surface area contributed by atoms with Crippen molar-refractivity contribution < 1.29 is 9.52 Å². The zero-order chi connectivity index (χ0) is 16.3. The van der Waals surface area contributed by atoms with Gasteiger partial charge in [0.15, 0.2) is 0 Å². The van der Waals surface area contributed by atoms with Crippen molar-refractivity contribution >= 4 is 0 Å². The molecule has 0 amide bonds. The number of aromatic nitrogens is 2. The Hall–Kier alpha value is -1.72. The predicted molar refractivity (Wildman–Crippen MR) is 88.0 cm³/mol. The van der Waals surface area contributed by atoms with Crippen molar-refractivity contribution in [3.8, 4) is 0 Å². The van der Waals surface area contributed by atoms with Gasteiger partial charge in [0, 0.05) is 18.6 Å². The summed E-state index contributed by atoms with van der Waals surface area (Å²) in [7, 11) is 0. The van der Waals surface area contributed by atoms with Crippen molar-refractivity contribution in [2.75, 3.05) is 19.7 Å². The molecule has 0 spiro atoms. The Morgan fingerprint density at radius 1 is 1.26 bits per heavy atom. The molecular formula is C18H25N3O2. The highest BCUT2D eigenvalue weighted by Gasteiger charge is 2.30. The molecule has 1 aliphatic heterocycles. The molecule has 124 valence electrons. The van der Waals surface area contributed by atoms with Crippen LogP contribution in [-0.4, -0.2) is 39.9 Å². The molecule has 1 aromatic heterocycles. The van der Waals surface area contributed by atoms with Crippen molar-refractivity contribution in [2.24, 2.45) is 5.41 Å². The van der Waals surface area contributed by atoms with E-state index in [1.165, 1.54) is 11.1 Å². The van der Waals surface area contributed by atoms with Gasteiger partial charge in [0.2, 0.25) is 11.8 Å². The van der Waals surface area contributed by atoms with E-state index in [-0.39, 0.29) is 12.0 Å². The second kappa shape index (κ2) is 6.81. The van der Waals surface area contributed by atoms with E-state index in [2.05, 4.69) is 41.1 Å². The van der Waals surface area contributed by atoms with Gasteiger partial charge in [0.25, 0.3) is 0 Å². The largest absolute Gasteiger partial charge is 0.424 e. The van der Waals surface area contributed by atoms with Crippen LogP contribution in [0.5, 0.6) is 0 Å². The first-order chi connectivity index (χ1) is 11.1.